The zero-order chi connectivity index (χ0) is 72.3. The van der Waals surface area contributed by atoms with Gasteiger partial charge in [0.05, 0.1) is 26.4 Å². The van der Waals surface area contributed by atoms with Crippen LogP contribution >= 0.6 is 15.6 Å². The lowest BCUT2D eigenvalue weighted by Gasteiger charge is -2.21. The minimum atomic E-state index is -4.94. The van der Waals surface area contributed by atoms with E-state index >= 15 is 0 Å². The molecular formula is C81H138O16P2. The molecule has 16 nitrogen and oxygen atoms in total. The first-order valence-corrected chi connectivity index (χ1v) is 41.5. The number of carbonyl (C=O) groups excluding carboxylic acids is 3. The van der Waals surface area contributed by atoms with E-state index in [1.807, 2.05) is 0 Å². The van der Waals surface area contributed by atoms with Crippen LogP contribution in [0.5, 0.6) is 0 Å². The molecule has 0 heterocycles. The highest BCUT2D eigenvalue weighted by Gasteiger charge is 2.29. The Morgan fingerprint density at radius 2 is 0.545 bits per heavy atom. The second-order valence-electron chi connectivity index (χ2n) is 25.4. The molecule has 0 saturated carbocycles. The molecule has 0 aliphatic rings. The number of aliphatic hydroxyl groups excluding tert-OH is 2. The third kappa shape index (κ3) is 74.7. The van der Waals surface area contributed by atoms with Crippen LogP contribution in [0.2, 0.25) is 0 Å². The predicted octanol–water partition coefficient (Wildman–Crippen LogP) is 22.3. The van der Waals surface area contributed by atoms with Crippen molar-refractivity contribution in [2.45, 2.75) is 322 Å². The number of phosphoric acid groups is 2. The van der Waals surface area contributed by atoms with Crippen LogP contribution in [0.15, 0.2) is 134 Å². The number of allylic oxidation sites excluding steroid dienone is 22. The molecule has 0 aromatic carbocycles. The molecular weight excluding hydrogens is 1290 g/mol. The lowest BCUT2D eigenvalue weighted by molar-refractivity contribution is -0.161. The molecule has 0 fully saturated rings. The average Bonchev–Trinajstić information content (AvgIpc) is 1.22. The first-order chi connectivity index (χ1) is 48.2. The number of aliphatic hydroxyl groups is 2. The summed E-state index contributed by atoms with van der Waals surface area (Å²) in [5, 5.41) is 20.6. The normalized spacial score (nSPS) is 14.8. The predicted molar refractivity (Wildman–Crippen MR) is 408 cm³/mol. The number of esters is 3. The highest BCUT2D eigenvalue weighted by Crippen LogP contribution is 2.45. The van der Waals surface area contributed by atoms with Crippen molar-refractivity contribution in [1.82, 2.24) is 0 Å². The van der Waals surface area contributed by atoms with E-state index in [1.165, 1.54) is 116 Å². The summed E-state index contributed by atoms with van der Waals surface area (Å²) < 4.78 is 60.9. The van der Waals surface area contributed by atoms with Crippen molar-refractivity contribution in [2.24, 2.45) is 0 Å². The van der Waals surface area contributed by atoms with Crippen molar-refractivity contribution in [3.63, 3.8) is 0 Å². The number of ether oxygens (including phenoxy) is 3. The summed E-state index contributed by atoms with van der Waals surface area (Å²) in [6.45, 7) is 2.43. The molecule has 0 aliphatic heterocycles. The van der Waals surface area contributed by atoms with E-state index in [9.17, 15) is 43.5 Å². The Bertz CT molecular complexity index is 2330. The second kappa shape index (κ2) is 73.4. The SMILES string of the molecule is CC/C=C\C/C=C\C/C=C\C/C=C\C/C=C\C/C=C\CCCCC(=O)OCC(COP(=O)(O)OCC(O)COP(=O)(O)OCC(O)COC(=O)CCCCCCCCCCCCCCCCC/C=C\C/C=C\C/C=C\C/C=C\CCCCC)OC(=O)CCCCCCC/C=C\CCCC. The van der Waals surface area contributed by atoms with Crippen LogP contribution in [0.3, 0.4) is 0 Å². The molecule has 0 amide bonds. The van der Waals surface area contributed by atoms with Crippen molar-refractivity contribution < 1.29 is 75.8 Å². The van der Waals surface area contributed by atoms with Gasteiger partial charge in [-0.25, -0.2) is 9.13 Å². The summed E-state index contributed by atoms with van der Waals surface area (Å²) in [6.07, 6.45) is 88.2. The van der Waals surface area contributed by atoms with Crippen molar-refractivity contribution >= 4 is 33.6 Å². The molecule has 5 atom stereocenters. The first-order valence-electron chi connectivity index (χ1n) is 38.5. The van der Waals surface area contributed by atoms with Gasteiger partial charge in [-0.1, -0.05) is 283 Å². The first kappa shape index (κ1) is 94.7. The van der Waals surface area contributed by atoms with Gasteiger partial charge in [-0.15, -0.1) is 0 Å². The number of hydrogen-bond acceptors (Lipinski definition) is 14. The molecule has 4 N–H and O–H groups in total. The standard InChI is InChI=1S/C81H138O16P2/c1-4-7-10-13-16-19-22-24-26-28-30-32-33-34-35-36-37-38-39-40-41-43-45-46-48-50-53-55-58-61-64-67-79(84)91-70-76(82)71-93-98(87,88)94-72-77(83)73-95-99(89,90)96-75-78(97-81(86)69-66-63-60-57-52-21-18-15-12-9-6-3)74-92-80(85)68-65-62-59-56-54-51-49-47-44-42-31-29-27-25-23-20-17-14-11-8-5-2/h8,11,15-20,24-27,30-32,34-35,42,47,49,54,56,76-78,82-83H,4-7,9-10,12-14,21-23,28-29,33,36-41,43-46,48,50-53,55,57-75H2,1-3H3,(H,87,88)(H,89,90)/b11-8-,18-15-,19-16-,20-17-,26-24-,27-25-,32-30-,35-34-,42-31-,49-47-,56-54-. The van der Waals surface area contributed by atoms with Crippen LogP contribution in [0.1, 0.15) is 303 Å². The zero-order valence-electron chi connectivity index (χ0n) is 61.9. The van der Waals surface area contributed by atoms with Crippen molar-refractivity contribution in [2.75, 3.05) is 39.6 Å². The van der Waals surface area contributed by atoms with Crippen molar-refractivity contribution in [3.8, 4) is 0 Å². The fourth-order valence-corrected chi connectivity index (χ4v) is 11.5. The van der Waals surface area contributed by atoms with Gasteiger partial charge >= 0.3 is 33.6 Å². The number of hydrogen-bond donors (Lipinski definition) is 4. The van der Waals surface area contributed by atoms with Gasteiger partial charge in [0, 0.05) is 19.3 Å². The molecule has 5 unspecified atom stereocenters. The largest absolute Gasteiger partial charge is 0.472 e. The Balaban J connectivity index is 4.45. The molecule has 0 saturated heterocycles. The molecule has 0 radical (unpaired) electrons. The monoisotopic (exact) mass is 1430 g/mol. The van der Waals surface area contributed by atoms with Gasteiger partial charge in [0.1, 0.15) is 25.4 Å². The van der Waals surface area contributed by atoms with E-state index in [1.54, 1.807) is 0 Å². The second-order valence-corrected chi connectivity index (χ2v) is 28.3. The van der Waals surface area contributed by atoms with E-state index in [0.717, 1.165) is 128 Å². The maximum Gasteiger partial charge on any atom is 0.472 e. The van der Waals surface area contributed by atoms with Gasteiger partial charge in [-0.05, 0) is 135 Å². The minimum absolute atomic E-state index is 0.0811. The number of carbonyl (C=O) groups is 3. The van der Waals surface area contributed by atoms with Crippen LogP contribution in [0.25, 0.3) is 0 Å². The summed E-state index contributed by atoms with van der Waals surface area (Å²) in [5.41, 5.74) is 0. The quantitative estimate of drug-likeness (QED) is 0.0146. The number of rotatable bonds is 72. The Morgan fingerprint density at radius 1 is 0.293 bits per heavy atom. The van der Waals surface area contributed by atoms with E-state index in [0.29, 0.717) is 19.3 Å². The highest BCUT2D eigenvalue weighted by atomic mass is 31.2. The van der Waals surface area contributed by atoms with E-state index in [-0.39, 0.29) is 19.3 Å². The molecule has 0 bridgehead atoms. The van der Waals surface area contributed by atoms with E-state index < -0.39 is 91.5 Å². The zero-order valence-corrected chi connectivity index (χ0v) is 63.7. The number of phosphoric ester groups is 2. The lowest BCUT2D eigenvalue weighted by atomic mass is 10.0. The summed E-state index contributed by atoms with van der Waals surface area (Å²) in [6, 6.07) is 0. The fraction of sp³-hybridized carbons (Fsp3) is 0.691. The van der Waals surface area contributed by atoms with Gasteiger partial charge in [-0.3, -0.25) is 32.5 Å². The molecule has 0 spiro atoms. The van der Waals surface area contributed by atoms with Crippen LogP contribution in [0, 0.1) is 0 Å². The lowest BCUT2D eigenvalue weighted by Crippen LogP contribution is -2.30. The highest BCUT2D eigenvalue weighted by molar-refractivity contribution is 7.47. The Hall–Kier alpha value is -4.31. The molecule has 0 aromatic heterocycles. The summed E-state index contributed by atoms with van der Waals surface area (Å²) in [4.78, 5) is 58.4. The summed E-state index contributed by atoms with van der Waals surface area (Å²) in [7, 11) is -9.80. The van der Waals surface area contributed by atoms with Crippen LogP contribution in [-0.4, -0.2) is 95.9 Å². The molecule has 568 valence electrons. The van der Waals surface area contributed by atoms with Crippen LogP contribution in [0.4, 0.5) is 0 Å². The smallest absolute Gasteiger partial charge is 0.463 e. The third-order valence-electron chi connectivity index (χ3n) is 15.8. The fourth-order valence-electron chi connectivity index (χ4n) is 9.95. The van der Waals surface area contributed by atoms with Crippen molar-refractivity contribution in [1.29, 1.82) is 0 Å². The van der Waals surface area contributed by atoms with Crippen LogP contribution < -0.4 is 0 Å². The van der Waals surface area contributed by atoms with Gasteiger partial charge in [0.25, 0.3) is 0 Å². The molecule has 99 heavy (non-hydrogen) atoms. The third-order valence-corrected chi connectivity index (χ3v) is 17.7. The molecule has 18 heteroatoms. The Morgan fingerprint density at radius 3 is 0.909 bits per heavy atom. The van der Waals surface area contributed by atoms with E-state index in [2.05, 4.69) is 154 Å². The van der Waals surface area contributed by atoms with E-state index in [4.69, 9.17) is 32.3 Å². The van der Waals surface area contributed by atoms with Crippen LogP contribution in [-0.2, 0) is 55.8 Å². The Labute approximate surface area is 601 Å². The maximum absolute atomic E-state index is 12.9. The minimum Gasteiger partial charge on any atom is -0.463 e. The number of unbranched alkanes of at least 4 members (excludes halogenated alkanes) is 27. The van der Waals surface area contributed by atoms with Gasteiger partial charge in [0.2, 0.25) is 0 Å². The topological polar surface area (TPSA) is 231 Å². The molecule has 0 aromatic rings. The van der Waals surface area contributed by atoms with Gasteiger partial charge < -0.3 is 34.2 Å². The summed E-state index contributed by atoms with van der Waals surface area (Å²) >= 11 is 0. The van der Waals surface area contributed by atoms with Gasteiger partial charge in [-0.2, -0.15) is 0 Å². The van der Waals surface area contributed by atoms with Crippen molar-refractivity contribution in [3.05, 3.63) is 134 Å². The van der Waals surface area contributed by atoms with Gasteiger partial charge in [0.15, 0.2) is 6.10 Å². The summed E-state index contributed by atoms with van der Waals surface area (Å²) in [5.74, 6) is -1.64. The molecule has 0 rings (SSSR count). The Kier molecular flexibility index (Phi) is 70.2. The maximum atomic E-state index is 12.9. The molecule has 0 aliphatic carbocycles. The average molecular weight is 1430 g/mol.